The number of carbonyl (C=O) groups is 1. The topological polar surface area (TPSA) is 93.1 Å². The maximum atomic E-state index is 13.1. The largest absolute Gasteiger partial charge is 0.349 e. The second kappa shape index (κ2) is 9.36. The summed E-state index contributed by atoms with van der Waals surface area (Å²) in [6, 6.07) is 9.95. The van der Waals surface area contributed by atoms with Crippen molar-refractivity contribution in [1.82, 2.24) is 19.8 Å². The average molecular weight is 448 g/mol. The summed E-state index contributed by atoms with van der Waals surface area (Å²) in [4.78, 5) is 12.2. The van der Waals surface area contributed by atoms with Crippen molar-refractivity contribution in [2.75, 3.05) is 6.54 Å². The molecule has 7 nitrogen and oxygen atoms in total. The molecular weight excluding hydrogens is 426 g/mol. The van der Waals surface area contributed by atoms with Gasteiger partial charge in [-0.1, -0.05) is 0 Å². The molecule has 1 heterocycles. The molecule has 164 valence electrons. The van der Waals surface area contributed by atoms with E-state index in [0.717, 1.165) is 35.5 Å². The summed E-state index contributed by atoms with van der Waals surface area (Å²) >= 11 is 0. The first-order valence-electron chi connectivity index (χ1n) is 9.52. The summed E-state index contributed by atoms with van der Waals surface area (Å²) in [5.41, 5.74) is 2.26. The highest BCUT2D eigenvalue weighted by Crippen LogP contribution is 2.20. The molecule has 2 aromatic carbocycles. The Labute approximate surface area is 179 Å². The molecule has 0 aliphatic heterocycles. The van der Waals surface area contributed by atoms with Crippen molar-refractivity contribution in [3.05, 3.63) is 77.6 Å². The van der Waals surface area contributed by atoms with Gasteiger partial charge in [-0.15, -0.1) is 0 Å². The van der Waals surface area contributed by atoms with Crippen molar-refractivity contribution in [2.45, 2.75) is 31.2 Å². The maximum absolute atomic E-state index is 13.1. The average Bonchev–Trinajstić information content (AvgIpc) is 3.10. The summed E-state index contributed by atoms with van der Waals surface area (Å²) in [6.45, 7) is 3.52. The van der Waals surface area contributed by atoms with Gasteiger partial charge in [-0.05, 0) is 62.4 Å². The molecule has 3 rings (SSSR count). The van der Waals surface area contributed by atoms with Gasteiger partial charge in [0.05, 0.1) is 22.8 Å². The van der Waals surface area contributed by atoms with Gasteiger partial charge < -0.3 is 5.32 Å². The first-order chi connectivity index (χ1) is 14.7. The zero-order valence-electron chi connectivity index (χ0n) is 17.0. The normalized spacial score (nSPS) is 12.5. The Morgan fingerprint density at radius 1 is 1.06 bits per heavy atom. The fraction of sp³-hybridized carbons (Fsp3) is 0.238. The lowest BCUT2D eigenvalue weighted by atomic mass is 10.1. The summed E-state index contributed by atoms with van der Waals surface area (Å²) < 4.78 is 54.4. The Kier molecular flexibility index (Phi) is 6.81. The number of rotatable bonds is 8. The molecular formula is C21H22F2N4O3S. The fourth-order valence-corrected chi connectivity index (χ4v) is 4.11. The molecule has 0 fully saturated rings. The molecule has 1 amide bonds. The molecule has 2 N–H and O–H groups in total. The second-order valence-electron chi connectivity index (χ2n) is 6.96. The van der Waals surface area contributed by atoms with Gasteiger partial charge in [0, 0.05) is 24.2 Å². The molecule has 31 heavy (non-hydrogen) atoms. The predicted molar refractivity (Wildman–Crippen MR) is 111 cm³/mol. The van der Waals surface area contributed by atoms with Crippen LogP contribution in [-0.2, 0) is 14.8 Å². The van der Waals surface area contributed by atoms with Gasteiger partial charge in [0.2, 0.25) is 15.9 Å². The third-order valence-corrected chi connectivity index (χ3v) is 6.21. The van der Waals surface area contributed by atoms with E-state index in [1.165, 1.54) is 12.1 Å². The van der Waals surface area contributed by atoms with Crippen LogP contribution >= 0.6 is 0 Å². The number of amides is 1. The van der Waals surface area contributed by atoms with Crippen molar-refractivity contribution in [3.8, 4) is 5.69 Å². The van der Waals surface area contributed by atoms with Gasteiger partial charge in [-0.3, -0.25) is 4.79 Å². The minimum Gasteiger partial charge on any atom is -0.349 e. The minimum atomic E-state index is -3.83. The minimum absolute atomic E-state index is 0.0735. The van der Waals surface area contributed by atoms with Crippen molar-refractivity contribution < 1.29 is 22.0 Å². The molecule has 0 aliphatic rings. The van der Waals surface area contributed by atoms with Crippen LogP contribution in [0.25, 0.3) is 5.69 Å². The van der Waals surface area contributed by atoms with Crippen LogP contribution in [0.3, 0.4) is 0 Å². The van der Waals surface area contributed by atoms with Crippen LogP contribution in [0, 0.1) is 18.6 Å². The maximum Gasteiger partial charge on any atom is 0.240 e. The van der Waals surface area contributed by atoms with Crippen LogP contribution in [0.15, 0.2) is 59.6 Å². The van der Waals surface area contributed by atoms with Crippen LogP contribution in [0.5, 0.6) is 0 Å². The Morgan fingerprint density at radius 2 is 1.65 bits per heavy atom. The summed E-state index contributed by atoms with van der Waals surface area (Å²) in [6.07, 6.45) is 1.55. The van der Waals surface area contributed by atoms with E-state index in [4.69, 9.17) is 0 Å². The lowest BCUT2D eigenvalue weighted by Gasteiger charge is -2.14. The fourth-order valence-electron chi connectivity index (χ4n) is 3.08. The third-order valence-electron chi connectivity index (χ3n) is 4.73. The SMILES string of the molecule is Cc1c(C(C)NC(=O)CCNS(=O)(=O)c2ccc(F)cc2)cnn1-c1ccc(F)cc1. The van der Waals surface area contributed by atoms with Crippen molar-refractivity contribution in [2.24, 2.45) is 0 Å². The predicted octanol–water partition coefficient (Wildman–Crippen LogP) is 3.00. The Bertz CT molecular complexity index is 1160. The van der Waals surface area contributed by atoms with E-state index >= 15 is 0 Å². The zero-order valence-corrected chi connectivity index (χ0v) is 17.8. The van der Waals surface area contributed by atoms with Crippen molar-refractivity contribution in [3.63, 3.8) is 0 Å². The van der Waals surface area contributed by atoms with E-state index in [2.05, 4.69) is 15.1 Å². The van der Waals surface area contributed by atoms with Gasteiger partial charge in [0.1, 0.15) is 11.6 Å². The van der Waals surface area contributed by atoms with Gasteiger partial charge in [-0.25, -0.2) is 26.6 Å². The van der Waals surface area contributed by atoms with Gasteiger partial charge in [-0.2, -0.15) is 5.10 Å². The van der Waals surface area contributed by atoms with E-state index in [0.29, 0.717) is 5.69 Å². The lowest BCUT2D eigenvalue weighted by molar-refractivity contribution is -0.121. The van der Waals surface area contributed by atoms with Crippen molar-refractivity contribution in [1.29, 1.82) is 0 Å². The van der Waals surface area contributed by atoms with E-state index in [9.17, 15) is 22.0 Å². The smallest absolute Gasteiger partial charge is 0.240 e. The Balaban J connectivity index is 1.56. The molecule has 0 spiro atoms. The molecule has 10 heteroatoms. The third kappa shape index (κ3) is 5.53. The standard InChI is InChI=1S/C21H22F2N4O3S/c1-14(20-13-24-27(15(20)2)18-7-3-16(22)4-8-18)26-21(28)11-12-25-31(29,30)19-9-5-17(23)6-10-19/h3-10,13-14,25H,11-12H2,1-2H3,(H,26,28). The highest BCUT2D eigenvalue weighted by Gasteiger charge is 2.18. The van der Waals surface area contributed by atoms with Crippen LogP contribution in [-0.4, -0.2) is 30.7 Å². The number of aromatic nitrogens is 2. The number of hydrogen-bond acceptors (Lipinski definition) is 4. The molecule has 1 aromatic heterocycles. The molecule has 0 saturated heterocycles. The number of halogens is 2. The molecule has 0 aliphatic carbocycles. The van der Waals surface area contributed by atoms with E-state index < -0.39 is 15.8 Å². The van der Waals surface area contributed by atoms with Crippen LogP contribution in [0.4, 0.5) is 8.78 Å². The van der Waals surface area contributed by atoms with E-state index in [-0.39, 0.29) is 35.6 Å². The zero-order chi connectivity index (χ0) is 22.6. The van der Waals surface area contributed by atoms with E-state index in [1.807, 2.05) is 6.92 Å². The summed E-state index contributed by atoms with van der Waals surface area (Å²) in [5, 5.41) is 7.11. The molecule has 3 aromatic rings. The monoisotopic (exact) mass is 448 g/mol. The number of sulfonamides is 1. The van der Waals surface area contributed by atoms with E-state index in [1.54, 1.807) is 29.9 Å². The number of nitrogens with one attached hydrogen (secondary N) is 2. The first kappa shape index (κ1) is 22.6. The number of benzene rings is 2. The molecule has 0 saturated carbocycles. The summed E-state index contributed by atoms with van der Waals surface area (Å²) in [7, 11) is -3.83. The second-order valence-corrected chi connectivity index (χ2v) is 8.73. The van der Waals surface area contributed by atoms with Crippen LogP contribution in [0.1, 0.15) is 30.6 Å². The summed E-state index contributed by atoms with van der Waals surface area (Å²) in [5.74, 6) is -1.22. The Morgan fingerprint density at radius 3 is 2.26 bits per heavy atom. The molecule has 1 unspecified atom stereocenters. The number of nitrogens with zero attached hydrogens (tertiary/aromatic N) is 2. The number of carbonyl (C=O) groups excluding carboxylic acids is 1. The highest BCUT2D eigenvalue weighted by atomic mass is 32.2. The molecule has 0 radical (unpaired) electrons. The Hall–Kier alpha value is -3.11. The lowest BCUT2D eigenvalue weighted by Crippen LogP contribution is -2.32. The quantitative estimate of drug-likeness (QED) is 0.554. The van der Waals surface area contributed by atoms with Crippen molar-refractivity contribution >= 4 is 15.9 Å². The van der Waals surface area contributed by atoms with Gasteiger partial charge in [0.25, 0.3) is 0 Å². The van der Waals surface area contributed by atoms with Crippen LogP contribution in [0.2, 0.25) is 0 Å². The van der Waals surface area contributed by atoms with Gasteiger partial charge in [0.15, 0.2) is 0 Å². The highest BCUT2D eigenvalue weighted by molar-refractivity contribution is 7.89. The van der Waals surface area contributed by atoms with Crippen LogP contribution < -0.4 is 10.0 Å². The van der Waals surface area contributed by atoms with Gasteiger partial charge >= 0.3 is 0 Å². The molecule has 1 atom stereocenters. The number of hydrogen-bond donors (Lipinski definition) is 2. The first-order valence-corrected chi connectivity index (χ1v) is 11.0. The molecule has 0 bridgehead atoms.